The van der Waals surface area contributed by atoms with Gasteiger partial charge in [0.25, 0.3) is 0 Å². The van der Waals surface area contributed by atoms with Crippen LogP contribution >= 0.6 is 0 Å². The lowest BCUT2D eigenvalue weighted by Gasteiger charge is -2.26. The van der Waals surface area contributed by atoms with Crippen LogP contribution in [0.1, 0.15) is 45.4 Å². The van der Waals surface area contributed by atoms with Gasteiger partial charge in [-0.15, -0.1) is 0 Å². The summed E-state index contributed by atoms with van der Waals surface area (Å²) in [4.78, 5) is 0. The van der Waals surface area contributed by atoms with E-state index in [2.05, 4.69) is 11.9 Å². The average Bonchev–Trinajstić information content (AvgIpc) is 2.32. The van der Waals surface area contributed by atoms with E-state index in [1.807, 2.05) is 6.92 Å². The van der Waals surface area contributed by atoms with E-state index >= 15 is 0 Å². The highest BCUT2D eigenvalue weighted by Gasteiger charge is 2.33. The van der Waals surface area contributed by atoms with Crippen molar-refractivity contribution in [3.8, 4) is 0 Å². The molecule has 1 N–H and O–H groups in total. The Morgan fingerprint density at radius 1 is 1.31 bits per heavy atom. The maximum atomic E-state index is 14.3. The molecule has 0 unspecified atom stereocenters. The Hall–Kier alpha value is -0.530. The summed E-state index contributed by atoms with van der Waals surface area (Å²) in [6.45, 7) is 6.54. The average molecular weight is 185 g/mol. The van der Waals surface area contributed by atoms with Gasteiger partial charge in [0.05, 0.1) is 0 Å². The minimum Gasteiger partial charge on any atom is -0.386 e. The van der Waals surface area contributed by atoms with Gasteiger partial charge in [-0.2, -0.15) is 0 Å². The number of alkyl halides is 1. The molecule has 1 saturated carbocycles. The van der Waals surface area contributed by atoms with Crippen molar-refractivity contribution in [1.29, 1.82) is 0 Å². The molecule has 1 aliphatic carbocycles. The van der Waals surface area contributed by atoms with Crippen molar-refractivity contribution in [3.63, 3.8) is 0 Å². The van der Waals surface area contributed by atoms with Gasteiger partial charge in [-0.3, -0.25) is 0 Å². The molecule has 0 amide bonds. The molecule has 0 radical (unpaired) electrons. The number of rotatable bonds is 3. The van der Waals surface area contributed by atoms with Crippen LogP contribution in [0.5, 0.6) is 0 Å². The molecule has 0 spiro atoms. The molecule has 13 heavy (non-hydrogen) atoms. The Morgan fingerprint density at radius 2 is 1.85 bits per heavy atom. The van der Waals surface area contributed by atoms with Gasteiger partial charge in [-0.1, -0.05) is 19.4 Å². The van der Waals surface area contributed by atoms with E-state index in [9.17, 15) is 4.39 Å². The number of nitrogens with one attached hydrogen (secondary N) is 1. The lowest BCUT2D eigenvalue weighted by atomic mass is 9.93. The Bertz CT molecular complexity index is 169. The third kappa shape index (κ3) is 2.71. The number of hydrogen-bond acceptors (Lipinski definition) is 1. The zero-order chi connectivity index (χ0) is 9.73. The zero-order valence-electron chi connectivity index (χ0n) is 8.53. The molecule has 0 aromatic carbocycles. The van der Waals surface area contributed by atoms with E-state index in [0.717, 1.165) is 19.4 Å². The molecule has 76 valence electrons. The third-order valence-electron chi connectivity index (χ3n) is 2.83. The van der Waals surface area contributed by atoms with Crippen LogP contribution in [0.3, 0.4) is 0 Å². The van der Waals surface area contributed by atoms with Gasteiger partial charge in [0, 0.05) is 12.2 Å². The lowest BCUT2D eigenvalue weighted by molar-refractivity contribution is 0.176. The SMILES string of the molecule is C=C(NCC)C1(F)CCCCCC1. The topological polar surface area (TPSA) is 12.0 Å². The maximum absolute atomic E-state index is 14.3. The monoisotopic (exact) mass is 185 g/mol. The van der Waals surface area contributed by atoms with Crippen LogP contribution in [0.2, 0.25) is 0 Å². The second kappa shape index (κ2) is 4.64. The number of allylic oxidation sites excluding steroid dienone is 1. The number of hydrogen-bond donors (Lipinski definition) is 1. The molecular weight excluding hydrogens is 165 g/mol. The molecule has 0 heterocycles. The fourth-order valence-corrected chi connectivity index (χ4v) is 1.96. The largest absolute Gasteiger partial charge is 0.386 e. The van der Waals surface area contributed by atoms with E-state index < -0.39 is 5.67 Å². The Morgan fingerprint density at radius 3 is 2.31 bits per heavy atom. The predicted molar refractivity (Wildman–Crippen MR) is 54.4 cm³/mol. The van der Waals surface area contributed by atoms with E-state index in [1.165, 1.54) is 12.8 Å². The summed E-state index contributed by atoms with van der Waals surface area (Å²) in [7, 11) is 0. The molecule has 0 atom stereocenters. The van der Waals surface area contributed by atoms with Gasteiger partial charge >= 0.3 is 0 Å². The van der Waals surface area contributed by atoms with Gasteiger partial charge in [-0.25, -0.2) is 4.39 Å². The van der Waals surface area contributed by atoms with Crippen molar-refractivity contribution in [3.05, 3.63) is 12.3 Å². The van der Waals surface area contributed by atoms with Crippen LogP contribution in [-0.4, -0.2) is 12.2 Å². The molecule has 0 aliphatic heterocycles. The normalized spacial score (nSPS) is 22.0. The molecule has 1 nitrogen and oxygen atoms in total. The molecule has 0 saturated heterocycles. The third-order valence-corrected chi connectivity index (χ3v) is 2.83. The van der Waals surface area contributed by atoms with E-state index in [4.69, 9.17) is 0 Å². The van der Waals surface area contributed by atoms with E-state index in [1.54, 1.807) is 0 Å². The van der Waals surface area contributed by atoms with Crippen molar-refractivity contribution in [1.82, 2.24) is 5.32 Å². The minimum atomic E-state index is -1.13. The molecule has 1 fully saturated rings. The van der Waals surface area contributed by atoms with Crippen molar-refractivity contribution in [2.24, 2.45) is 0 Å². The van der Waals surface area contributed by atoms with Crippen molar-refractivity contribution in [2.75, 3.05) is 6.54 Å². The zero-order valence-corrected chi connectivity index (χ0v) is 8.53. The smallest absolute Gasteiger partial charge is 0.149 e. The molecule has 0 aromatic heterocycles. The van der Waals surface area contributed by atoms with Crippen molar-refractivity contribution < 1.29 is 4.39 Å². The van der Waals surface area contributed by atoms with Crippen LogP contribution in [-0.2, 0) is 0 Å². The second-order valence-electron chi connectivity index (χ2n) is 3.89. The first-order valence-electron chi connectivity index (χ1n) is 5.31. The summed E-state index contributed by atoms with van der Waals surface area (Å²) in [6, 6.07) is 0. The van der Waals surface area contributed by atoms with Crippen LogP contribution in [0.25, 0.3) is 0 Å². The number of halogens is 1. The van der Waals surface area contributed by atoms with Crippen molar-refractivity contribution >= 4 is 0 Å². The molecular formula is C11H20FN. The second-order valence-corrected chi connectivity index (χ2v) is 3.89. The first-order chi connectivity index (χ1) is 6.19. The fourth-order valence-electron chi connectivity index (χ4n) is 1.96. The lowest BCUT2D eigenvalue weighted by Crippen LogP contribution is -2.32. The highest BCUT2D eigenvalue weighted by Crippen LogP contribution is 2.34. The van der Waals surface area contributed by atoms with Gasteiger partial charge in [0.1, 0.15) is 5.67 Å². The summed E-state index contributed by atoms with van der Waals surface area (Å²) in [6.07, 6.45) is 5.65. The van der Waals surface area contributed by atoms with Crippen LogP contribution in [0.4, 0.5) is 4.39 Å². The minimum absolute atomic E-state index is 0.594. The Balaban J connectivity index is 2.55. The quantitative estimate of drug-likeness (QED) is 0.666. The molecule has 1 aliphatic rings. The van der Waals surface area contributed by atoms with Crippen LogP contribution in [0, 0.1) is 0 Å². The summed E-state index contributed by atoms with van der Waals surface area (Å²) in [5, 5.41) is 3.01. The fraction of sp³-hybridized carbons (Fsp3) is 0.818. The van der Waals surface area contributed by atoms with Gasteiger partial charge in [0.15, 0.2) is 0 Å². The van der Waals surface area contributed by atoms with Crippen LogP contribution < -0.4 is 5.32 Å². The predicted octanol–water partition coefficient (Wildman–Crippen LogP) is 3.17. The molecule has 0 aromatic rings. The molecule has 0 bridgehead atoms. The standard InChI is InChI=1S/C11H20FN/c1-3-13-10(2)11(12)8-6-4-5-7-9-11/h13H,2-9H2,1H3. The highest BCUT2D eigenvalue weighted by molar-refractivity contribution is 5.11. The summed E-state index contributed by atoms with van der Waals surface area (Å²) in [5.74, 6) is 0. The first kappa shape index (κ1) is 10.6. The molecule has 2 heteroatoms. The Kier molecular flexibility index (Phi) is 3.76. The van der Waals surface area contributed by atoms with Gasteiger partial charge in [-0.05, 0) is 32.6 Å². The van der Waals surface area contributed by atoms with E-state index in [0.29, 0.717) is 18.5 Å². The molecule has 1 rings (SSSR count). The van der Waals surface area contributed by atoms with Crippen molar-refractivity contribution in [2.45, 2.75) is 51.1 Å². The summed E-state index contributed by atoms with van der Waals surface area (Å²) < 4.78 is 14.3. The summed E-state index contributed by atoms with van der Waals surface area (Å²) in [5.41, 5.74) is -0.538. The highest BCUT2D eigenvalue weighted by atomic mass is 19.1. The van der Waals surface area contributed by atoms with Gasteiger partial charge < -0.3 is 5.32 Å². The Labute approximate surface area is 80.4 Å². The maximum Gasteiger partial charge on any atom is 0.149 e. The van der Waals surface area contributed by atoms with Crippen LogP contribution in [0.15, 0.2) is 12.3 Å². The summed E-state index contributed by atoms with van der Waals surface area (Å²) >= 11 is 0. The first-order valence-corrected chi connectivity index (χ1v) is 5.31. The van der Waals surface area contributed by atoms with Gasteiger partial charge in [0.2, 0.25) is 0 Å². The van der Waals surface area contributed by atoms with E-state index in [-0.39, 0.29) is 0 Å².